The number of rotatable bonds is 7. The number of ether oxygens (including phenoxy) is 2. The number of phenols is 1. The molecule has 0 unspecified atom stereocenters. The first-order chi connectivity index (χ1) is 10.5. The number of guanidine groups is 1. The Bertz CT molecular complexity index is 476. The molecule has 0 fully saturated rings. The van der Waals surface area contributed by atoms with Gasteiger partial charge >= 0.3 is 0 Å². The SMILES string of the molecule is CN=C(NCCC(C)C)NCc1cc(OC)c(O)c(OC)c1. The lowest BCUT2D eigenvalue weighted by molar-refractivity contribution is 0.339. The Hall–Kier alpha value is -2.11. The Morgan fingerprint density at radius 2 is 1.77 bits per heavy atom. The molecule has 0 aliphatic carbocycles. The molecule has 6 nitrogen and oxygen atoms in total. The van der Waals surface area contributed by atoms with E-state index in [4.69, 9.17) is 9.47 Å². The molecule has 0 bridgehead atoms. The summed E-state index contributed by atoms with van der Waals surface area (Å²) in [5.74, 6) is 2.17. The van der Waals surface area contributed by atoms with Crippen molar-refractivity contribution < 1.29 is 14.6 Å². The first-order valence-electron chi connectivity index (χ1n) is 7.40. The van der Waals surface area contributed by atoms with Crippen LogP contribution in [0.15, 0.2) is 17.1 Å². The topological polar surface area (TPSA) is 75.1 Å². The third kappa shape index (κ3) is 5.35. The molecule has 0 amide bonds. The molecule has 0 saturated carbocycles. The summed E-state index contributed by atoms with van der Waals surface area (Å²) in [5.41, 5.74) is 0.929. The lowest BCUT2D eigenvalue weighted by Crippen LogP contribution is -2.37. The maximum Gasteiger partial charge on any atom is 0.200 e. The minimum atomic E-state index is 0.00758. The lowest BCUT2D eigenvalue weighted by atomic mass is 10.1. The highest BCUT2D eigenvalue weighted by Crippen LogP contribution is 2.36. The van der Waals surface area contributed by atoms with Gasteiger partial charge in [0.25, 0.3) is 0 Å². The summed E-state index contributed by atoms with van der Waals surface area (Å²) in [6, 6.07) is 3.54. The molecule has 6 heteroatoms. The van der Waals surface area contributed by atoms with E-state index in [1.807, 2.05) is 0 Å². The maximum atomic E-state index is 9.90. The van der Waals surface area contributed by atoms with Crippen molar-refractivity contribution in [2.45, 2.75) is 26.8 Å². The fourth-order valence-electron chi connectivity index (χ4n) is 1.94. The molecule has 0 aromatic heterocycles. The molecule has 1 aromatic carbocycles. The highest BCUT2D eigenvalue weighted by molar-refractivity contribution is 5.79. The van der Waals surface area contributed by atoms with Crippen LogP contribution in [-0.2, 0) is 6.54 Å². The Labute approximate surface area is 132 Å². The van der Waals surface area contributed by atoms with E-state index in [1.54, 1.807) is 19.2 Å². The van der Waals surface area contributed by atoms with Gasteiger partial charge in [-0.1, -0.05) is 13.8 Å². The van der Waals surface area contributed by atoms with Crippen molar-refractivity contribution in [2.24, 2.45) is 10.9 Å². The Balaban J connectivity index is 2.66. The lowest BCUT2D eigenvalue weighted by Gasteiger charge is -2.15. The molecular formula is C16H27N3O3. The van der Waals surface area contributed by atoms with E-state index >= 15 is 0 Å². The van der Waals surface area contributed by atoms with Crippen molar-refractivity contribution in [1.82, 2.24) is 10.6 Å². The van der Waals surface area contributed by atoms with Crippen molar-refractivity contribution in [2.75, 3.05) is 27.8 Å². The van der Waals surface area contributed by atoms with Crippen molar-refractivity contribution in [3.05, 3.63) is 17.7 Å². The average molecular weight is 309 g/mol. The van der Waals surface area contributed by atoms with E-state index in [1.165, 1.54) is 14.2 Å². The van der Waals surface area contributed by atoms with Gasteiger partial charge in [-0.2, -0.15) is 0 Å². The second kappa shape index (κ2) is 9.02. The van der Waals surface area contributed by atoms with Gasteiger partial charge in [-0.05, 0) is 30.0 Å². The first kappa shape index (κ1) is 17.9. The van der Waals surface area contributed by atoms with Gasteiger partial charge in [0.2, 0.25) is 5.75 Å². The van der Waals surface area contributed by atoms with Gasteiger partial charge in [0.1, 0.15) is 0 Å². The van der Waals surface area contributed by atoms with Crippen molar-refractivity contribution in [3.8, 4) is 17.2 Å². The Kier molecular flexibility index (Phi) is 7.36. The van der Waals surface area contributed by atoms with Crippen molar-refractivity contribution in [1.29, 1.82) is 0 Å². The predicted octanol–water partition coefficient (Wildman–Crippen LogP) is 2.12. The van der Waals surface area contributed by atoms with Crippen LogP contribution in [0, 0.1) is 5.92 Å². The standard InChI is InChI=1S/C16H27N3O3/c1-11(2)6-7-18-16(17-3)19-10-12-8-13(21-4)15(20)14(9-12)22-5/h8-9,11,20H,6-7,10H2,1-5H3,(H2,17,18,19). The Morgan fingerprint density at radius 1 is 1.18 bits per heavy atom. The highest BCUT2D eigenvalue weighted by Gasteiger charge is 2.11. The van der Waals surface area contributed by atoms with Crippen LogP contribution in [-0.4, -0.2) is 38.9 Å². The molecule has 3 N–H and O–H groups in total. The minimum Gasteiger partial charge on any atom is -0.502 e. The van der Waals surface area contributed by atoms with E-state index < -0.39 is 0 Å². The second-order valence-corrected chi connectivity index (χ2v) is 5.38. The molecule has 0 aliphatic rings. The largest absolute Gasteiger partial charge is 0.502 e. The van der Waals surface area contributed by atoms with Crippen molar-refractivity contribution >= 4 is 5.96 Å². The van der Waals surface area contributed by atoms with E-state index in [0.717, 1.165) is 24.5 Å². The van der Waals surface area contributed by atoms with Gasteiger partial charge in [0, 0.05) is 20.1 Å². The number of nitrogens with zero attached hydrogens (tertiary/aromatic N) is 1. The summed E-state index contributed by atoms with van der Waals surface area (Å²) in [5, 5.41) is 16.4. The molecule has 1 rings (SSSR count). The summed E-state index contributed by atoms with van der Waals surface area (Å²) in [6.07, 6.45) is 1.08. The zero-order chi connectivity index (χ0) is 16.5. The molecule has 0 radical (unpaired) electrons. The molecule has 0 heterocycles. The quantitative estimate of drug-likeness (QED) is 0.531. The zero-order valence-corrected chi connectivity index (χ0v) is 14.1. The number of benzene rings is 1. The number of aromatic hydroxyl groups is 1. The van der Waals surface area contributed by atoms with Gasteiger partial charge in [-0.3, -0.25) is 4.99 Å². The maximum absolute atomic E-state index is 9.90. The molecule has 0 atom stereocenters. The van der Waals surface area contributed by atoms with Gasteiger partial charge in [0.05, 0.1) is 14.2 Å². The fraction of sp³-hybridized carbons (Fsp3) is 0.562. The average Bonchev–Trinajstić information content (AvgIpc) is 2.51. The van der Waals surface area contributed by atoms with Gasteiger partial charge in [-0.15, -0.1) is 0 Å². The van der Waals surface area contributed by atoms with Crippen LogP contribution in [0.25, 0.3) is 0 Å². The van der Waals surface area contributed by atoms with Crippen LogP contribution in [0.1, 0.15) is 25.8 Å². The normalized spacial score (nSPS) is 11.5. The van der Waals surface area contributed by atoms with E-state index in [0.29, 0.717) is 24.0 Å². The summed E-state index contributed by atoms with van der Waals surface area (Å²) in [7, 11) is 4.76. The minimum absolute atomic E-state index is 0.00758. The monoisotopic (exact) mass is 309 g/mol. The third-order valence-electron chi connectivity index (χ3n) is 3.24. The van der Waals surface area contributed by atoms with E-state index in [2.05, 4.69) is 29.5 Å². The number of methoxy groups -OCH3 is 2. The van der Waals surface area contributed by atoms with Crippen LogP contribution >= 0.6 is 0 Å². The van der Waals surface area contributed by atoms with E-state index in [9.17, 15) is 5.11 Å². The van der Waals surface area contributed by atoms with Crippen LogP contribution in [0.2, 0.25) is 0 Å². The highest BCUT2D eigenvalue weighted by atomic mass is 16.5. The van der Waals surface area contributed by atoms with E-state index in [-0.39, 0.29) is 5.75 Å². The van der Waals surface area contributed by atoms with Gasteiger partial charge in [0.15, 0.2) is 17.5 Å². The summed E-state index contributed by atoms with van der Waals surface area (Å²) < 4.78 is 10.3. The third-order valence-corrected chi connectivity index (χ3v) is 3.24. The summed E-state index contributed by atoms with van der Waals surface area (Å²) in [6.45, 7) is 5.80. The second-order valence-electron chi connectivity index (χ2n) is 5.38. The summed E-state index contributed by atoms with van der Waals surface area (Å²) in [4.78, 5) is 4.19. The molecular weight excluding hydrogens is 282 g/mol. The zero-order valence-electron chi connectivity index (χ0n) is 14.1. The molecule has 1 aromatic rings. The molecule has 0 aliphatic heterocycles. The number of nitrogens with one attached hydrogen (secondary N) is 2. The first-order valence-corrected chi connectivity index (χ1v) is 7.40. The number of hydrogen-bond donors (Lipinski definition) is 3. The number of hydrogen-bond acceptors (Lipinski definition) is 4. The van der Waals surface area contributed by atoms with Crippen molar-refractivity contribution in [3.63, 3.8) is 0 Å². The van der Waals surface area contributed by atoms with Crippen LogP contribution in [0.3, 0.4) is 0 Å². The smallest absolute Gasteiger partial charge is 0.200 e. The van der Waals surface area contributed by atoms with Crippen LogP contribution in [0.5, 0.6) is 17.2 Å². The molecule has 0 spiro atoms. The predicted molar refractivity (Wildman–Crippen MR) is 88.9 cm³/mol. The summed E-state index contributed by atoms with van der Waals surface area (Å²) >= 11 is 0. The number of aliphatic imine (C=N–C) groups is 1. The molecule has 124 valence electrons. The molecule has 22 heavy (non-hydrogen) atoms. The Morgan fingerprint density at radius 3 is 2.23 bits per heavy atom. The van der Waals surface area contributed by atoms with Crippen LogP contribution in [0.4, 0.5) is 0 Å². The number of phenolic OH excluding ortho intramolecular Hbond substituents is 1. The molecule has 0 saturated heterocycles. The van der Waals surface area contributed by atoms with Gasteiger partial charge in [-0.25, -0.2) is 0 Å². The van der Waals surface area contributed by atoms with Crippen LogP contribution < -0.4 is 20.1 Å². The fourth-order valence-corrected chi connectivity index (χ4v) is 1.94. The van der Waals surface area contributed by atoms with Gasteiger partial charge < -0.3 is 25.2 Å².